The number of hydrogen-bond acceptors (Lipinski definition) is 4. The van der Waals surface area contributed by atoms with Gasteiger partial charge in [0, 0.05) is 11.9 Å². The third-order valence-electron chi connectivity index (χ3n) is 2.08. The van der Waals surface area contributed by atoms with Crippen molar-refractivity contribution in [1.82, 2.24) is 9.97 Å². The van der Waals surface area contributed by atoms with Crippen LogP contribution >= 0.6 is 34.2 Å². The lowest BCUT2D eigenvalue weighted by Gasteiger charge is -2.09. The predicted octanol–water partition coefficient (Wildman–Crippen LogP) is 3.49. The topological polar surface area (TPSA) is 47.0 Å². The molecule has 0 spiro atoms. The van der Waals surface area contributed by atoms with Gasteiger partial charge in [-0.15, -0.1) is 0 Å². The minimum Gasteiger partial charge on any atom is -0.495 e. The van der Waals surface area contributed by atoms with Gasteiger partial charge in [0.05, 0.1) is 15.7 Å². The summed E-state index contributed by atoms with van der Waals surface area (Å²) in [5.74, 6) is 1.40. The second kappa shape index (κ2) is 5.50. The van der Waals surface area contributed by atoms with Crippen molar-refractivity contribution < 1.29 is 4.74 Å². The number of nitrogens with zero attached hydrogens (tertiary/aromatic N) is 2. The molecule has 0 unspecified atom stereocenters. The van der Waals surface area contributed by atoms with E-state index in [1.54, 1.807) is 25.4 Å². The Morgan fingerprint density at radius 3 is 2.88 bits per heavy atom. The monoisotopic (exact) mass is 361 g/mol. The van der Waals surface area contributed by atoms with Crippen LogP contribution in [0.2, 0.25) is 5.02 Å². The van der Waals surface area contributed by atoms with Gasteiger partial charge < -0.3 is 10.1 Å². The van der Waals surface area contributed by atoms with Gasteiger partial charge in [0.25, 0.3) is 0 Å². The standard InChI is InChI=1S/C11H9ClIN3O/c1-17-10-3-2-7(4-8(10)12)16-11-9(13)5-14-6-15-11/h2-6H,1H3,(H,14,15,16). The molecule has 2 rings (SSSR count). The molecule has 0 radical (unpaired) electrons. The first-order valence-electron chi connectivity index (χ1n) is 4.77. The van der Waals surface area contributed by atoms with Crippen molar-refractivity contribution in [2.24, 2.45) is 0 Å². The fourth-order valence-corrected chi connectivity index (χ4v) is 1.98. The minimum absolute atomic E-state index is 0.557. The Kier molecular flexibility index (Phi) is 4.01. The van der Waals surface area contributed by atoms with E-state index in [0.717, 1.165) is 15.1 Å². The molecule has 0 saturated carbocycles. The Morgan fingerprint density at radius 2 is 2.24 bits per heavy atom. The average molecular weight is 362 g/mol. The zero-order chi connectivity index (χ0) is 12.3. The molecule has 0 aliphatic heterocycles. The van der Waals surface area contributed by atoms with Crippen LogP contribution in [0.1, 0.15) is 0 Å². The molecule has 17 heavy (non-hydrogen) atoms. The maximum atomic E-state index is 6.04. The molecule has 1 aromatic carbocycles. The highest BCUT2D eigenvalue weighted by Gasteiger charge is 2.04. The van der Waals surface area contributed by atoms with E-state index < -0.39 is 0 Å². The lowest BCUT2D eigenvalue weighted by atomic mass is 10.3. The summed E-state index contributed by atoms with van der Waals surface area (Å²) in [6.07, 6.45) is 3.23. The highest BCUT2D eigenvalue weighted by atomic mass is 127. The van der Waals surface area contributed by atoms with Crippen molar-refractivity contribution in [2.45, 2.75) is 0 Å². The van der Waals surface area contributed by atoms with Crippen LogP contribution in [0, 0.1) is 3.57 Å². The van der Waals surface area contributed by atoms with Crippen LogP contribution in [-0.2, 0) is 0 Å². The molecule has 2 aromatic rings. The van der Waals surface area contributed by atoms with E-state index in [1.165, 1.54) is 6.33 Å². The maximum Gasteiger partial charge on any atom is 0.147 e. The fraction of sp³-hybridized carbons (Fsp3) is 0.0909. The molecule has 0 amide bonds. The van der Waals surface area contributed by atoms with Gasteiger partial charge >= 0.3 is 0 Å². The summed E-state index contributed by atoms with van der Waals surface area (Å²) in [6.45, 7) is 0. The predicted molar refractivity (Wildman–Crippen MR) is 76.0 cm³/mol. The number of hydrogen-bond donors (Lipinski definition) is 1. The maximum absolute atomic E-state index is 6.04. The summed E-state index contributed by atoms with van der Waals surface area (Å²) in [7, 11) is 1.58. The number of benzene rings is 1. The van der Waals surface area contributed by atoms with Gasteiger partial charge in [0.2, 0.25) is 0 Å². The molecule has 4 nitrogen and oxygen atoms in total. The van der Waals surface area contributed by atoms with Crippen molar-refractivity contribution in [3.63, 3.8) is 0 Å². The van der Waals surface area contributed by atoms with Crippen LogP contribution in [0.15, 0.2) is 30.7 Å². The lowest BCUT2D eigenvalue weighted by molar-refractivity contribution is 0.415. The van der Waals surface area contributed by atoms with Crippen molar-refractivity contribution in [1.29, 1.82) is 0 Å². The molecule has 88 valence electrons. The Labute approximate surface area is 118 Å². The molecule has 1 N–H and O–H groups in total. The molecule has 0 aliphatic rings. The van der Waals surface area contributed by atoms with E-state index >= 15 is 0 Å². The van der Waals surface area contributed by atoms with Crippen molar-refractivity contribution in [3.8, 4) is 5.75 Å². The fourth-order valence-electron chi connectivity index (χ4n) is 1.29. The van der Waals surface area contributed by atoms with Gasteiger partial charge in [-0.2, -0.15) is 0 Å². The van der Waals surface area contributed by atoms with Crippen LogP contribution in [-0.4, -0.2) is 17.1 Å². The minimum atomic E-state index is 0.557. The number of nitrogens with one attached hydrogen (secondary N) is 1. The first-order chi connectivity index (χ1) is 8.20. The molecule has 0 bridgehead atoms. The van der Waals surface area contributed by atoms with Crippen molar-refractivity contribution in [2.75, 3.05) is 12.4 Å². The zero-order valence-corrected chi connectivity index (χ0v) is 11.9. The quantitative estimate of drug-likeness (QED) is 0.850. The van der Waals surface area contributed by atoms with E-state index in [2.05, 4.69) is 37.9 Å². The lowest BCUT2D eigenvalue weighted by Crippen LogP contribution is -1.97. The van der Waals surface area contributed by atoms with Gasteiger partial charge in [-0.1, -0.05) is 11.6 Å². The number of aromatic nitrogens is 2. The molecule has 1 aromatic heterocycles. The highest BCUT2D eigenvalue weighted by molar-refractivity contribution is 14.1. The second-order valence-corrected chi connectivity index (χ2v) is 4.76. The molecular weight excluding hydrogens is 352 g/mol. The number of halogens is 2. The largest absolute Gasteiger partial charge is 0.495 e. The third-order valence-corrected chi connectivity index (χ3v) is 3.17. The van der Waals surface area contributed by atoms with E-state index in [0.29, 0.717) is 10.8 Å². The van der Waals surface area contributed by atoms with E-state index in [9.17, 15) is 0 Å². The van der Waals surface area contributed by atoms with Crippen LogP contribution < -0.4 is 10.1 Å². The van der Waals surface area contributed by atoms with Crippen molar-refractivity contribution in [3.05, 3.63) is 39.3 Å². The van der Waals surface area contributed by atoms with Crippen molar-refractivity contribution >= 4 is 45.7 Å². The van der Waals surface area contributed by atoms with Gasteiger partial charge in [-0.3, -0.25) is 0 Å². The van der Waals surface area contributed by atoms with E-state index in [4.69, 9.17) is 16.3 Å². The van der Waals surface area contributed by atoms with Crippen LogP contribution in [0.4, 0.5) is 11.5 Å². The Bertz CT molecular complexity index is 536. The Hall–Kier alpha value is -1.08. The van der Waals surface area contributed by atoms with Gasteiger partial charge in [-0.05, 0) is 40.8 Å². The third kappa shape index (κ3) is 2.98. The average Bonchev–Trinajstić information content (AvgIpc) is 2.32. The second-order valence-electron chi connectivity index (χ2n) is 3.19. The van der Waals surface area contributed by atoms with E-state index in [-0.39, 0.29) is 0 Å². The molecule has 0 aliphatic carbocycles. The number of ether oxygens (including phenoxy) is 1. The SMILES string of the molecule is COc1ccc(Nc2ncncc2I)cc1Cl. The normalized spacial score (nSPS) is 10.1. The first-order valence-corrected chi connectivity index (χ1v) is 6.22. The molecule has 1 heterocycles. The van der Waals surface area contributed by atoms with Crippen LogP contribution in [0.5, 0.6) is 5.75 Å². The molecule has 0 fully saturated rings. The number of anilines is 2. The van der Waals surface area contributed by atoms with Crippen LogP contribution in [0.25, 0.3) is 0 Å². The molecule has 0 saturated heterocycles. The summed E-state index contributed by atoms with van der Waals surface area (Å²) in [6, 6.07) is 5.47. The summed E-state index contributed by atoms with van der Waals surface area (Å²) in [4.78, 5) is 8.07. The molecular formula is C11H9ClIN3O. The highest BCUT2D eigenvalue weighted by Crippen LogP contribution is 2.29. The number of rotatable bonds is 3. The first kappa shape index (κ1) is 12.4. The number of methoxy groups -OCH3 is 1. The Morgan fingerprint density at radius 1 is 1.41 bits per heavy atom. The smallest absolute Gasteiger partial charge is 0.147 e. The summed E-state index contributed by atoms with van der Waals surface area (Å²) < 4.78 is 6.03. The zero-order valence-electron chi connectivity index (χ0n) is 8.95. The van der Waals surface area contributed by atoms with Gasteiger partial charge in [-0.25, -0.2) is 9.97 Å². The molecule has 0 atom stereocenters. The summed E-state index contributed by atoms with van der Waals surface area (Å²) in [5, 5.41) is 3.72. The Balaban J connectivity index is 2.25. The van der Waals surface area contributed by atoms with E-state index in [1.807, 2.05) is 6.07 Å². The van der Waals surface area contributed by atoms with Crippen LogP contribution in [0.3, 0.4) is 0 Å². The molecule has 6 heteroatoms. The summed E-state index contributed by atoms with van der Waals surface area (Å²) >= 11 is 8.20. The van der Waals surface area contributed by atoms with Gasteiger partial charge in [0.1, 0.15) is 17.9 Å². The van der Waals surface area contributed by atoms with Gasteiger partial charge in [0.15, 0.2) is 0 Å². The summed E-state index contributed by atoms with van der Waals surface area (Å²) in [5.41, 5.74) is 0.854.